The van der Waals surface area contributed by atoms with E-state index in [1.807, 2.05) is 19.2 Å². The molecule has 0 saturated carbocycles. The fraction of sp³-hybridized carbons (Fsp3) is 0.294. The standard InChI is InChI=1S/C17H17Cl2N.ClH/c1-20-17-10-12-4-2-3-5-13(12)14(17)8-11-6-7-15(18)16(19)9-11;/h2-7,9,14,17,20H,8,10H2,1H3;1H/t14?,17-;/m0./s1. The summed E-state index contributed by atoms with van der Waals surface area (Å²) in [6, 6.07) is 15.1. The van der Waals surface area contributed by atoms with E-state index in [2.05, 4.69) is 35.6 Å². The molecule has 4 heteroatoms. The lowest BCUT2D eigenvalue weighted by Crippen LogP contribution is -2.30. The van der Waals surface area contributed by atoms with Crippen LogP contribution in [0.3, 0.4) is 0 Å². The molecule has 0 fully saturated rings. The first-order valence-electron chi connectivity index (χ1n) is 6.88. The van der Waals surface area contributed by atoms with E-state index in [4.69, 9.17) is 23.2 Å². The average Bonchev–Trinajstić information content (AvgIpc) is 2.81. The molecular weight excluding hydrogens is 325 g/mol. The molecule has 2 aromatic rings. The highest BCUT2D eigenvalue weighted by molar-refractivity contribution is 6.42. The normalized spacial score (nSPS) is 20.0. The Kier molecular flexibility index (Phi) is 5.56. The van der Waals surface area contributed by atoms with Gasteiger partial charge in [-0.15, -0.1) is 12.4 Å². The number of hydrogen-bond acceptors (Lipinski definition) is 1. The molecule has 0 spiro atoms. The summed E-state index contributed by atoms with van der Waals surface area (Å²) < 4.78 is 0. The maximum atomic E-state index is 6.12. The third kappa shape index (κ3) is 3.37. The van der Waals surface area contributed by atoms with Gasteiger partial charge in [0.2, 0.25) is 0 Å². The van der Waals surface area contributed by atoms with Crippen LogP contribution in [0.1, 0.15) is 22.6 Å². The third-order valence-electron chi connectivity index (χ3n) is 4.19. The third-order valence-corrected chi connectivity index (χ3v) is 4.93. The molecule has 0 saturated heterocycles. The van der Waals surface area contributed by atoms with Gasteiger partial charge in [-0.3, -0.25) is 0 Å². The Morgan fingerprint density at radius 1 is 1.10 bits per heavy atom. The zero-order chi connectivity index (χ0) is 14.1. The first-order valence-corrected chi connectivity index (χ1v) is 7.63. The lowest BCUT2D eigenvalue weighted by Gasteiger charge is -2.20. The SMILES string of the molecule is CN[C@H]1Cc2ccccc2C1Cc1ccc(Cl)c(Cl)c1.Cl. The molecule has 0 aromatic heterocycles. The van der Waals surface area contributed by atoms with E-state index < -0.39 is 0 Å². The van der Waals surface area contributed by atoms with Crippen LogP contribution in [-0.2, 0) is 12.8 Å². The minimum absolute atomic E-state index is 0. The van der Waals surface area contributed by atoms with Crippen molar-refractivity contribution in [2.24, 2.45) is 0 Å². The zero-order valence-corrected chi connectivity index (χ0v) is 14.1. The van der Waals surface area contributed by atoms with Gasteiger partial charge in [0.1, 0.15) is 0 Å². The van der Waals surface area contributed by atoms with Crippen LogP contribution < -0.4 is 5.32 Å². The quantitative estimate of drug-likeness (QED) is 0.837. The summed E-state index contributed by atoms with van der Waals surface area (Å²) in [5.41, 5.74) is 4.15. The van der Waals surface area contributed by atoms with Gasteiger partial charge in [-0.25, -0.2) is 0 Å². The second kappa shape index (κ2) is 7.02. The summed E-state index contributed by atoms with van der Waals surface area (Å²) in [7, 11) is 2.04. The van der Waals surface area contributed by atoms with Crippen molar-refractivity contribution in [3.05, 3.63) is 69.2 Å². The molecular formula is C17H18Cl3N. The number of halogens is 3. The minimum Gasteiger partial charge on any atom is -0.316 e. The van der Waals surface area contributed by atoms with Crippen LogP contribution in [0.2, 0.25) is 10.0 Å². The van der Waals surface area contributed by atoms with Crippen LogP contribution in [0.5, 0.6) is 0 Å². The van der Waals surface area contributed by atoms with E-state index in [1.165, 1.54) is 16.7 Å². The Hall–Kier alpha value is -0.730. The largest absolute Gasteiger partial charge is 0.316 e. The van der Waals surface area contributed by atoms with Crippen molar-refractivity contribution < 1.29 is 0 Å². The van der Waals surface area contributed by atoms with E-state index in [9.17, 15) is 0 Å². The second-order valence-corrected chi connectivity index (χ2v) is 6.17. The molecule has 2 atom stereocenters. The zero-order valence-electron chi connectivity index (χ0n) is 11.8. The average molecular weight is 343 g/mol. The molecule has 0 aliphatic heterocycles. The smallest absolute Gasteiger partial charge is 0.0595 e. The van der Waals surface area contributed by atoms with Crippen LogP contribution in [0.15, 0.2) is 42.5 Å². The Bertz CT molecular complexity index is 627. The predicted molar refractivity (Wildman–Crippen MR) is 93.1 cm³/mol. The van der Waals surface area contributed by atoms with Gasteiger partial charge in [-0.05, 0) is 48.7 Å². The van der Waals surface area contributed by atoms with Crippen molar-refractivity contribution in [2.75, 3.05) is 7.05 Å². The summed E-state index contributed by atoms with van der Waals surface area (Å²) in [6.45, 7) is 0. The Morgan fingerprint density at radius 2 is 1.86 bits per heavy atom. The lowest BCUT2D eigenvalue weighted by molar-refractivity contribution is 0.492. The maximum Gasteiger partial charge on any atom is 0.0595 e. The minimum atomic E-state index is 0. The fourth-order valence-electron chi connectivity index (χ4n) is 3.15. The van der Waals surface area contributed by atoms with Crippen LogP contribution >= 0.6 is 35.6 Å². The van der Waals surface area contributed by atoms with Gasteiger partial charge >= 0.3 is 0 Å². The highest BCUT2D eigenvalue weighted by atomic mass is 35.5. The molecule has 0 amide bonds. The van der Waals surface area contributed by atoms with Crippen LogP contribution in [0.25, 0.3) is 0 Å². The highest BCUT2D eigenvalue weighted by Gasteiger charge is 2.31. The maximum absolute atomic E-state index is 6.12. The van der Waals surface area contributed by atoms with Crippen LogP contribution in [0, 0.1) is 0 Å². The van der Waals surface area contributed by atoms with Crippen molar-refractivity contribution >= 4 is 35.6 Å². The van der Waals surface area contributed by atoms with Crippen molar-refractivity contribution in [3.63, 3.8) is 0 Å². The number of likely N-dealkylation sites (N-methyl/N-ethyl adjacent to an activating group) is 1. The van der Waals surface area contributed by atoms with Gasteiger partial charge < -0.3 is 5.32 Å². The molecule has 0 radical (unpaired) electrons. The van der Waals surface area contributed by atoms with Crippen molar-refractivity contribution in [1.29, 1.82) is 0 Å². The summed E-state index contributed by atoms with van der Waals surface area (Å²) >= 11 is 12.1. The van der Waals surface area contributed by atoms with Gasteiger partial charge in [0.25, 0.3) is 0 Å². The number of benzene rings is 2. The predicted octanol–water partition coefficient (Wildman–Crippen LogP) is 4.89. The molecule has 112 valence electrons. The summed E-state index contributed by atoms with van der Waals surface area (Å²) in [5.74, 6) is 0.494. The van der Waals surface area contributed by atoms with Gasteiger partial charge in [0, 0.05) is 12.0 Å². The Balaban J connectivity index is 0.00000161. The van der Waals surface area contributed by atoms with Gasteiger partial charge in [0.05, 0.1) is 10.0 Å². The summed E-state index contributed by atoms with van der Waals surface area (Å²) in [4.78, 5) is 0. The molecule has 0 heterocycles. The highest BCUT2D eigenvalue weighted by Crippen LogP contribution is 2.36. The molecule has 1 aliphatic rings. The Morgan fingerprint density at radius 3 is 2.57 bits per heavy atom. The van der Waals surface area contributed by atoms with Crippen molar-refractivity contribution in [3.8, 4) is 0 Å². The topological polar surface area (TPSA) is 12.0 Å². The number of fused-ring (bicyclic) bond motifs is 1. The molecule has 0 bridgehead atoms. The molecule has 1 N–H and O–H groups in total. The Labute approximate surface area is 142 Å². The van der Waals surface area contributed by atoms with E-state index in [0.717, 1.165) is 12.8 Å². The molecule has 2 aromatic carbocycles. The van der Waals surface area contributed by atoms with Crippen molar-refractivity contribution in [1.82, 2.24) is 5.32 Å². The first-order chi connectivity index (χ1) is 9.69. The second-order valence-electron chi connectivity index (χ2n) is 5.36. The summed E-state index contributed by atoms with van der Waals surface area (Å²) in [6.07, 6.45) is 2.08. The molecule has 1 aliphatic carbocycles. The molecule has 1 unspecified atom stereocenters. The fourth-order valence-corrected chi connectivity index (χ4v) is 3.47. The lowest BCUT2D eigenvalue weighted by atomic mass is 9.91. The van der Waals surface area contributed by atoms with E-state index >= 15 is 0 Å². The number of nitrogens with one attached hydrogen (secondary N) is 1. The summed E-state index contributed by atoms with van der Waals surface area (Å²) in [5, 5.41) is 4.70. The number of rotatable bonds is 3. The van der Waals surface area contributed by atoms with Gasteiger partial charge in [-0.1, -0.05) is 53.5 Å². The van der Waals surface area contributed by atoms with Crippen molar-refractivity contribution in [2.45, 2.75) is 24.8 Å². The molecule has 3 rings (SSSR count). The van der Waals surface area contributed by atoms with E-state index in [-0.39, 0.29) is 12.4 Å². The monoisotopic (exact) mass is 341 g/mol. The molecule has 1 nitrogen and oxygen atoms in total. The molecule has 21 heavy (non-hydrogen) atoms. The van der Waals surface area contributed by atoms with Crippen LogP contribution in [-0.4, -0.2) is 13.1 Å². The number of hydrogen-bond donors (Lipinski definition) is 1. The van der Waals surface area contributed by atoms with Crippen LogP contribution in [0.4, 0.5) is 0 Å². The first kappa shape index (κ1) is 16.6. The van der Waals surface area contributed by atoms with E-state index in [0.29, 0.717) is 22.0 Å². The van der Waals surface area contributed by atoms with E-state index in [1.54, 1.807) is 0 Å². The van der Waals surface area contributed by atoms with Gasteiger partial charge in [0.15, 0.2) is 0 Å². The van der Waals surface area contributed by atoms with Gasteiger partial charge in [-0.2, -0.15) is 0 Å².